The van der Waals surface area contributed by atoms with E-state index in [2.05, 4.69) is 13.0 Å². The molecule has 0 spiro atoms. The van der Waals surface area contributed by atoms with E-state index < -0.39 is 5.66 Å². The molecule has 0 aromatic heterocycles. The van der Waals surface area contributed by atoms with Crippen LogP contribution >= 0.6 is 0 Å². The zero-order valence-electron chi connectivity index (χ0n) is 8.67. The third-order valence-corrected chi connectivity index (χ3v) is 3.17. The Labute approximate surface area is 84.3 Å². The van der Waals surface area contributed by atoms with Gasteiger partial charge in [0, 0.05) is 11.3 Å². The second kappa shape index (κ2) is 2.72. The van der Waals surface area contributed by atoms with Crippen molar-refractivity contribution in [3.8, 4) is 0 Å². The SMILES string of the molecule is Cc1cc(N)c2c(c1)CC(C)C2(N)N. The quantitative estimate of drug-likeness (QED) is 0.420. The van der Waals surface area contributed by atoms with Crippen molar-refractivity contribution in [3.63, 3.8) is 0 Å². The molecule has 0 aliphatic heterocycles. The molecule has 6 N–H and O–H groups in total. The van der Waals surface area contributed by atoms with Crippen LogP contribution in [0.2, 0.25) is 0 Å². The highest BCUT2D eigenvalue weighted by molar-refractivity contribution is 5.59. The number of aryl methyl sites for hydroxylation is 1. The van der Waals surface area contributed by atoms with Crippen LogP contribution in [0.1, 0.15) is 23.6 Å². The fraction of sp³-hybridized carbons (Fsp3) is 0.455. The lowest BCUT2D eigenvalue weighted by Crippen LogP contribution is -2.49. The van der Waals surface area contributed by atoms with Gasteiger partial charge in [-0.05, 0) is 36.5 Å². The molecule has 0 fully saturated rings. The first-order valence-corrected chi connectivity index (χ1v) is 4.90. The van der Waals surface area contributed by atoms with Gasteiger partial charge in [-0.15, -0.1) is 0 Å². The molecule has 0 radical (unpaired) electrons. The van der Waals surface area contributed by atoms with Gasteiger partial charge in [0.15, 0.2) is 0 Å². The molecule has 1 atom stereocenters. The van der Waals surface area contributed by atoms with Crippen molar-refractivity contribution in [1.82, 2.24) is 0 Å². The minimum atomic E-state index is -0.757. The summed E-state index contributed by atoms with van der Waals surface area (Å²) < 4.78 is 0. The second-order valence-electron chi connectivity index (χ2n) is 4.43. The molecule has 1 aliphatic carbocycles. The molecule has 76 valence electrons. The number of hydrogen-bond donors (Lipinski definition) is 3. The molecule has 2 rings (SSSR count). The van der Waals surface area contributed by atoms with Gasteiger partial charge in [0.1, 0.15) is 0 Å². The van der Waals surface area contributed by atoms with Crippen LogP contribution < -0.4 is 17.2 Å². The maximum atomic E-state index is 6.08. The van der Waals surface area contributed by atoms with E-state index in [1.807, 2.05) is 13.0 Å². The Morgan fingerprint density at radius 3 is 2.64 bits per heavy atom. The third kappa shape index (κ3) is 1.13. The van der Waals surface area contributed by atoms with Crippen LogP contribution in [-0.4, -0.2) is 0 Å². The summed E-state index contributed by atoms with van der Waals surface area (Å²) in [5, 5.41) is 0. The Morgan fingerprint density at radius 2 is 2.00 bits per heavy atom. The van der Waals surface area contributed by atoms with Crippen molar-refractivity contribution in [2.45, 2.75) is 25.9 Å². The minimum absolute atomic E-state index is 0.251. The van der Waals surface area contributed by atoms with Crippen molar-refractivity contribution in [1.29, 1.82) is 0 Å². The highest BCUT2D eigenvalue weighted by Crippen LogP contribution is 2.39. The van der Waals surface area contributed by atoms with E-state index in [0.29, 0.717) is 0 Å². The molecular formula is C11H17N3. The van der Waals surface area contributed by atoms with Crippen LogP contribution in [0.15, 0.2) is 12.1 Å². The van der Waals surface area contributed by atoms with Gasteiger partial charge in [0.25, 0.3) is 0 Å². The summed E-state index contributed by atoms with van der Waals surface area (Å²) in [7, 11) is 0. The molecule has 0 bridgehead atoms. The number of anilines is 1. The fourth-order valence-electron chi connectivity index (χ4n) is 2.33. The first kappa shape index (κ1) is 9.49. The lowest BCUT2D eigenvalue weighted by Gasteiger charge is -2.26. The lowest BCUT2D eigenvalue weighted by atomic mass is 9.95. The number of hydrogen-bond acceptors (Lipinski definition) is 3. The number of benzene rings is 1. The Bertz CT molecular complexity index is 382. The van der Waals surface area contributed by atoms with Gasteiger partial charge >= 0.3 is 0 Å². The van der Waals surface area contributed by atoms with E-state index in [0.717, 1.165) is 17.7 Å². The Kier molecular flexibility index (Phi) is 1.84. The molecule has 1 aromatic rings. The summed E-state index contributed by atoms with van der Waals surface area (Å²) in [6.07, 6.45) is 0.925. The van der Waals surface area contributed by atoms with Crippen LogP contribution in [0.25, 0.3) is 0 Å². The monoisotopic (exact) mass is 191 g/mol. The average Bonchev–Trinajstić information content (AvgIpc) is 2.21. The molecule has 3 heteroatoms. The summed E-state index contributed by atoms with van der Waals surface area (Å²) in [6, 6.07) is 4.06. The molecule has 0 amide bonds. The first-order valence-electron chi connectivity index (χ1n) is 4.90. The fourth-order valence-corrected chi connectivity index (χ4v) is 2.33. The Hall–Kier alpha value is -1.06. The molecule has 1 aromatic carbocycles. The number of fused-ring (bicyclic) bond motifs is 1. The van der Waals surface area contributed by atoms with E-state index in [4.69, 9.17) is 17.2 Å². The van der Waals surface area contributed by atoms with Crippen molar-refractivity contribution in [2.75, 3.05) is 5.73 Å². The van der Waals surface area contributed by atoms with E-state index in [-0.39, 0.29) is 5.92 Å². The Balaban J connectivity index is 2.65. The van der Waals surface area contributed by atoms with Gasteiger partial charge in [0.2, 0.25) is 0 Å². The standard InChI is InChI=1S/C11H17N3/c1-6-3-8-5-7(2)11(13,14)10(8)9(12)4-6/h3-4,7H,5,12-14H2,1-2H3. The maximum Gasteiger partial charge on any atom is 0.0951 e. The normalized spacial score (nSPS) is 23.6. The smallest absolute Gasteiger partial charge is 0.0951 e. The topological polar surface area (TPSA) is 78.1 Å². The van der Waals surface area contributed by atoms with E-state index >= 15 is 0 Å². The van der Waals surface area contributed by atoms with E-state index in [1.54, 1.807) is 0 Å². The van der Waals surface area contributed by atoms with Gasteiger partial charge in [-0.25, -0.2) is 0 Å². The predicted molar refractivity (Wildman–Crippen MR) is 58.5 cm³/mol. The molecule has 1 unspecified atom stereocenters. The number of rotatable bonds is 0. The molecule has 0 heterocycles. The van der Waals surface area contributed by atoms with Crippen LogP contribution in [-0.2, 0) is 12.1 Å². The van der Waals surface area contributed by atoms with Crippen LogP contribution in [0.5, 0.6) is 0 Å². The molecule has 3 nitrogen and oxygen atoms in total. The predicted octanol–water partition coefficient (Wildman–Crippen LogP) is 0.840. The number of nitrogens with two attached hydrogens (primary N) is 3. The Morgan fingerprint density at radius 1 is 1.36 bits per heavy atom. The van der Waals surface area contributed by atoms with Gasteiger partial charge < -0.3 is 17.2 Å². The first-order chi connectivity index (χ1) is 6.43. The molecule has 1 aliphatic rings. The minimum Gasteiger partial charge on any atom is -0.398 e. The lowest BCUT2D eigenvalue weighted by molar-refractivity contribution is 0.338. The van der Waals surface area contributed by atoms with Crippen molar-refractivity contribution >= 4 is 5.69 Å². The maximum absolute atomic E-state index is 6.08. The van der Waals surface area contributed by atoms with Gasteiger partial charge in [0.05, 0.1) is 5.66 Å². The second-order valence-corrected chi connectivity index (χ2v) is 4.43. The van der Waals surface area contributed by atoms with Crippen LogP contribution in [0.3, 0.4) is 0 Å². The van der Waals surface area contributed by atoms with E-state index in [9.17, 15) is 0 Å². The highest BCUT2D eigenvalue weighted by Gasteiger charge is 2.39. The molecule has 0 saturated heterocycles. The highest BCUT2D eigenvalue weighted by atomic mass is 15.0. The van der Waals surface area contributed by atoms with Crippen molar-refractivity contribution < 1.29 is 0 Å². The zero-order chi connectivity index (χ0) is 10.5. The van der Waals surface area contributed by atoms with Gasteiger partial charge in [-0.3, -0.25) is 0 Å². The summed E-state index contributed by atoms with van der Waals surface area (Å²) >= 11 is 0. The summed E-state index contributed by atoms with van der Waals surface area (Å²) in [5.41, 5.74) is 21.4. The number of nitrogen functional groups attached to an aromatic ring is 1. The summed E-state index contributed by atoms with van der Waals surface area (Å²) in [5.74, 6) is 0.251. The largest absolute Gasteiger partial charge is 0.398 e. The molecule has 0 saturated carbocycles. The summed E-state index contributed by atoms with van der Waals surface area (Å²) in [4.78, 5) is 0. The van der Waals surface area contributed by atoms with E-state index in [1.165, 1.54) is 11.1 Å². The molecular weight excluding hydrogens is 174 g/mol. The van der Waals surface area contributed by atoms with Gasteiger partial charge in [-0.2, -0.15) is 0 Å². The zero-order valence-corrected chi connectivity index (χ0v) is 8.67. The van der Waals surface area contributed by atoms with Crippen molar-refractivity contribution in [3.05, 3.63) is 28.8 Å². The average molecular weight is 191 g/mol. The molecule has 14 heavy (non-hydrogen) atoms. The van der Waals surface area contributed by atoms with Crippen LogP contribution in [0.4, 0.5) is 5.69 Å². The van der Waals surface area contributed by atoms with Gasteiger partial charge in [-0.1, -0.05) is 13.0 Å². The van der Waals surface area contributed by atoms with Crippen molar-refractivity contribution in [2.24, 2.45) is 17.4 Å². The van der Waals surface area contributed by atoms with Crippen LogP contribution in [0, 0.1) is 12.8 Å². The summed E-state index contributed by atoms with van der Waals surface area (Å²) in [6.45, 7) is 4.10. The third-order valence-electron chi connectivity index (χ3n) is 3.17.